The summed E-state index contributed by atoms with van der Waals surface area (Å²) in [6, 6.07) is 13.1. The highest BCUT2D eigenvalue weighted by Crippen LogP contribution is 2.35. The van der Waals surface area contributed by atoms with E-state index in [0.717, 1.165) is 20.6 Å². The van der Waals surface area contributed by atoms with Crippen LogP contribution in [0.3, 0.4) is 0 Å². The Morgan fingerprint density at radius 3 is 2.59 bits per heavy atom. The van der Waals surface area contributed by atoms with Crippen LogP contribution in [0, 0.1) is 12.7 Å². The summed E-state index contributed by atoms with van der Waals surface area (Å²) in [5.74, 6) is -0.411. The molecule has 0 saturated heterocycles. The first kappa shape index (κ1) is 17.7. The van der Waals surface area contributed by atoms with Crippen molar-refractivity contribution in [2.45, 2.75) is 13.5 Å². The van der Waals surface area contributed by atoms with Crippen LogP contribution >= 0.6 is 22.9 Å². The van der Waals surface area contributed by atoms with Gasteiger partial charge < -0.3 is 0 Å². The maximum atomic E-state index is 13.5. The molecule has 0 aliphatic heterocycles. The van der Waals surface area contributed by atoms with E-state index in [0.29, 0.717) is 20.8 Å². The van der Waals surface area contributed by atoms with E-state index < -0.39 is 17.1 Å². The number of rotatable bonds is 3. The monoisotopic (exact) mass is 400 g/mol. The number of hydrogen-bond acceptors (Lipinski definition) is 3. The molecule has 136 valence electrons. The quantitative estimate of drug-likeness (QED) is 0.547. The third kappa shape index (κ3) is 3.22. The smallest absolute Gasteiger partial charge is 0.298 e. The Bertz CT molecular complexity index is 1270. The summed E-state index contributed by atoms with van der Waals surface area (Å²) in [5, 5.41) is 1.06. The van der Waals surface area contributed by atoms with Gasteiger partial charge in [0.05, 0.1) is 11.9 Å². The fourth-order valence-electron chi connectivity index (χ4n) is 3.15. The first-order valence-electron chi connectivity index (χ1n) is 8.20. The van der Waals surface area contributed by atoms with Crippen LogP contribution in [0.1, 0.15) is 10.4 Å². The van der Waals surface area contributed by atoms with Crippen LogP contribution in [0.5, 0.6) is 0 Å². The Labute approximate surface area is 162 Å². The van der Waals surface area contributed by atoms with Crippen molar-refractivity contribution in [1.29, 1.82) is 0 Å². The van der Waals surface area contributed by atoms with Crippen LogP contribution in [-0.2, 0) is 6.54 Å². The summed E-state index contributed by atoms with van der Waals surface area (Å²) in [6.07, 6.45) is 0. The van der Waals surface area contributed by atoms with Gasteiger partial charge in [-0.15, -0.1) is 11.3 Å². The Morgan fingerprint density at radius 1 is 1.15 bits per heavy atom. The minimum absolute atomic E-state index is 0.00316. The number of aryl methyl sites for hydroxylation is 1. The van der Waals surface area contributed by atoms with Crippen LogP contribution in [0.4, 0.5) is 4.39 Å². The number of hydrogen-bond donors (Lipinski definition) is 1. The maximum absolute atomic E-state index is 13.5. The lowest BCUT2D eigenvalue weighted by molar-refractivity contribution is 0.621. The summed E-state index contributed by atoms with van der Waals surface area (Å²) in [4.78, 5) is 29.8. The molecule has 0 spiro atoms. The molecule has 4 nitrogen and oxygen atoms in total. The van der Waals surface area contributed by atoms with Gasteiger partial charge >= 0.3 is 5.69 Å². The third-order valence-electron chi connectivity index (χ3n) is 4.37. The number of H-pyrrole nitrogens is 1. The number of aromatic amines is 1. The number of nitrogens with one attached hydrogen (secondary N) is 1. The van der Waals surface area contributed by atoms with E-state index >= 15 is 0 Å². The number of thiophene rings is 1. The lowest BCUT2D eigenvalue weighted by Crippen LogP contribution is -2.35. The van der Waals surface area contributed by atoms with E-state index in [2.05, 4.69) is 4.98 Å². The predicted octanol–water partition coefficient (Wildman–Crippen LogP) is 4.57. The van der Waals surface area contributed by atoms with Crippen LogP contribution in [-0.4, -0.2) is 9.55 Å². The fraction of sp³-hybridized carbons (Fsp3) is 0.100. The van der Waals surface area contributed by atoms with Gasteiger partial charge in [0.2, 0.25) is 0 Å². The lowest BCUT2D eigenvalue weighted by atomic mass is 10.0. The second-order valence-corrected chi connectivity index (χ2v) is 7.86. The highest BCUT2D eigenvalue weighted by Gasteiger charge is 2.18. The molecule has 4 rings (SSSR count). The van der Waals surface area contributed by atoms with Gasteiger partial charge in [-0.2, -0.15) is 0 Å². The summed E-state index contributed by atoms with van der Waals surface area (Å²) < 4.78 is 14.6. The minimum Gasteiger partial charge on any atom is -0.298 e. The Balaban J connectivity index is 1.94. The van der Waals surface area contributed by atoms with E-state index in [1.54, 1.807) is 24.3 Å². The average Bonchev–Trinajstić information content (AvgIpc) is 2.95. The SMILES string of the molecule is Cc1sc2[nH]c(=O)n(Cc3cccc(F)c3)c(=O)c2c1-c1ccc(Cl)cc1. The molecule has 0 atom stereocenters. The van der Waals surface area contributed by atoms with Crippen LogP contribution in [0.15, 0.2) is 58.1 Å². The summed E-state index contributed by atoms with van der Waals surface area (Å²) in [6.45, 7) is 1.90. The molecule has 2 aromatic heterocycles. The summed E-state index contributed by atoms with van der Waals surface area (Å²) in [7, 11) is 0. The van der Waals surface area contributed by atoms with Crippen molar-refractivity contribution in [2.75, 3.05) is 0 Å². The van der Waals surface area contributed by atoms with Gasteiger partial charge in [0, 0.05) is 15.5 Å². The number of nitrogens with zero attached hydrogens (tertiary/aromatic N) is 1. The molecule has 0 amide bonds. The van der Waals surface area contributed by atoms with Crippen molar-refractivity contribution < 1.29 is 4.39 Å². The Hall–Kier alpha value is -2.70. The Morgan fingerprint density at radius 2 is 1.89 bits per heavy atom. The molecule has 2 heterocycles. The molecule has 0 fully saturated rings. The molecule has 1 N–H and O–H groups in total. The largest absolute Gasteiger partial charge is 0.329 e. The molecule has 0 unspecified atom stereocenters. The molecular weight excluding hydrogens is 387 g/mol. The normalized spacial score (nSPS) is 11.2. The van der Waals surface area contributed by atoms with E-state index in [1.165, 1.54) is 23.5 Å². The molecule has 0 aliphatic carbocycles. The van der Waals surface area contributed by atoms with Gasteiger partial charge in [0.15, 0.2) is 0 Å². The molecule has 0 radical (unpaired) electrons. The van der Waals surface area contributed by atoms with Gasteiger partial charge in [-0.3, -0.25) is 14.3 Å². The molecular formula is C20H14ClFN2O2S. The lowest BCUT2D eigenvalue weighted by Gasteiger charge is -2.07. The van der Waals surface area contributed by atoms with Crippen molar-refractivity contribution in [3.63, 3.8) is 0 Å². The van der Waals surface area contributed by atoms with Crippen molar-refractivity contribution in [3.05, 3.63) is 90.6 Å². The van der Waals surface area contributed by atoms with Crippen LogP contribution < -0.4 is 11.2 Å². The molecule has 4 aromatic rings. The van der Waals surface area contributed by atoms with Gasteiger partial charge in [-0.25, -0.2) is 9.18 Å². The number of fused-ring (bicyclic) bond motifs is 1. The van der Waals surface area contributed by atoms with E-state index in [-0.39, 0.29) is 6.54 Å². The van der Waals surface area contributed by atoms with Crippen LogP contribution in [0.2, 0.25) is 5.02 Å². The standard InChI is InChI=1S/C20H14ClFN2O2S/c1-11-16(13-5-7-14(21)8-6-13)17-18(27-11)23-20(26)24(19(17)25)10-12-3-2-4-15(22)9-12/h2-9H,10H2,1H3,(H,23,26). The van der Waals surface area contributed by atoms with Crippen molar-refractivity contribution in [2.24, 2.45) is 0 Å². The zero-order chi connectivity index (χ0) is 19.1. The Kier molecular flexibility index (Phi) is 4.45. The van der Waals surface area contributed by atoms with E-state index in [9.17, 15) is 14.0 Å². The average molecular weight is 401 g/mol. The molecule has 27 heavy (non-hydrogen) atoms. The zero-order valence-electron chi connectivity index (χ0n) is 14.3. The zero-order valence-corrected chi connectivity index (χ0v) is 15.8. The van der Waals surface area contributed by atoms with Gasteiger partial charge in [-0.1, -0.05) is 35.9 Å². The van der Waals surface area contributed by atoms with Crippen molar-refractivity contribution in [3.8, 4) is 11.1 Å². The van der Waals surface area contributed by atoms with Crippen LogP contribution in [0.25, 0.3) is 21.3 Å². The van der Waals surface area contributed by atoms with E-state index in [1.807, 2.05) is 19.1 Å². The highest BCUT2D eigenvalue weighted by atomic mass is 35.5. The highest BCUT2D eigenvalue weighted by molar-refractivity contribution is 7.19. The van der Waals surface area contributed by atoms with Gasteiger partial charge in [0.1, 0.15) is 10.6 Å². The number of aromatic nitrogens is 2. The minimum atomic E-state index is -0.513. The topological polar surface area (TPSA) is 54.9 Å². The van der Waals surface area contributed by atoms with Crippen molar-refractivity contribution in [1.82, 2.24) is 9.55 Å². The molecule has 2 aromatic carbocycles. The molecule has 0 saturated carbocycles. The maximum Gasteiger partial charge on any atom is 0.329 e. The van der Waals surface area contributed by atoms with Crippen molar-refractivity contribution >= 4 is 33.2 Å². The van der Waals surface area contributed by atoms with Gasteiger partial charge in [0.25, 0.3) is 5.56 Å². The first-order valence-corrected chi connectivity index (χ1v) is 9.40. The molecule has 0 bridgehead atoms. The fourth-order valence-corrected chi connectivity index (χ4v) is 4.34. The van der Waals surface area contributed by atoms with E-state index in [4.69, 9.17) is 11.6 Å². The second-order valence-electron chi connectivity index (χ2n) is 6.20. The van der Waals surface area contributed by atoms with Gasteiger partial charge in [-0.05, 0) is 42.3 Å². The number of halogens is 2. The first-order chi connectivity index (χ1) is 12.9. The second kappa shape index (κ2) is 6.79. The molecule has 7 heteroatoms. The number of benzene rings is 2. The predicted molar refractivity (Wildman–Crippen MR) is 107 cm³/mol. The summed E-state index contributed by atoms with van der Waals surface area (Å²) >= 11 is 7.33. The summed E-state index contributed by atoms with van der Waals surface area (Å²) in [5.41, 5.74) is 1.26. The third-order valence-corrected chi connectivity index (χ3v) is 5.64. The molecule has 0 aliphatic rings.